The summed E-state index contributed by atoms with van der Waals surface area (Å²) in [6.07, 6.45) is 1.62. The number of esters is 1. The molecule has 0 aliphatic carbocycles. The van der Waals surface area contributed by atoms with Gasteiger partial charge in [0.1, 0.15) is 18.0 Å². The summed E-state index contributed by atoms with van der Waals surface area (Å²) >= 11 is 12.4. The third-order valence-corrected chi connectivity index (χ3v) is 4.90. The first kappa shape index (κ1) is 22.6. The number of carbonyl (C=O) groups is 1. The molecule has 146 valence electrons. The van der Waals surface area contributed by atoms with Gasteiger partial charge in [0, 0.05) is 15.1 Å². The second-order valence-electron chi connectivity index (χ2n) is 5.38. The molecule has 0 atom stereocenters. The van der Waals surface area contributed by atoms with Gasteiger partial charge in [-0.05, 0) is 42.5 Å². The highest BCUT2D eigenvalue weighted by atomic mass is 79.9. The summed E-state index contributed by atoms with van der Waals surface area (Å²) < 4.78 is 20.3. The summed E-state index contributed by atoms with van der Waals surface area (Å²) in [5, 5.41) is 17.7. The van der Waals surface area contributed by atoms with E-state index in [1.54, 1.807) is 42.6 Å². The zero-order chi connectivity index (χ0) is 21.6. The predicted octanol–water partition coefficient (Wildman–Crippen LogP) is 6.01. The maximum atomic E-state index is 12.6. The molecule has 3 aromatic rings. The van der Waals surface area contributed by atoms with E-state index < -0.39 is 11.8 Å². The molecule has 3 rings (SSSR count). The molecular formula is C20H11Br2ClFN3O2. The third-order valence-electron chi connectivity index (χ3n) is 3.61. The maximum Gasteiger partial charge on any atom is 0.356 e. The van der Waals surface area contributed by atoms with Gasteiger partial charge in [-0.3, -0.25) is 0 Å². The average molecular weight is 540 g/mol. The van der Waals surface area contributed by atoms with Crippen LogP contribution in [0.25, 0.3) is 5.69 Å². The Labute approximate surface area is 188 Å². The number of methoxy groups -OCH3 is 1. The van der Waals surface area contributed by atoms with Gasteiger partial charge < -0.3 is 9.30 Å². The van der Waals surface area contributed by atoms with E-state index in [0.717, 1.165) is 4.47 Å². The number of carbonyl (C=O) groups excluding carboxylic acids is 1. The molecule has 0 saturated heterocycles. The molecule has 0 bridgehead atoms. The highest BCUT2D eigenvalue weighted by Crippen LogP contribution is 2.26. The lowest BCUT2D eigenvalue weighted by molar-refractivity contribution is 0.0592. The standard InChI is InChI=1S/C13H8BrClN2O2.C7H3BrFN/c1-19-13(18)12-10(15)4-5-17(12)11-6-9(14)3-2-8(11)7-16;8-6-2-1-5(4-10)7(9)3-6/h2-6H,1H3;1-3H. The van der Waals surface area contributed by atoms with E-state index in [-0.39, 0.29) is 16.3 Å². The summed E-state index contributed by atoms with van der Waals surface area (Å²) in [4.78, 5) is 11.8. The lowest BCUT2D eigenvalue weighted by atomic mass is 10.2. The van der Waals surface area contributed by atoms with E-state index >= 15 is 0 Å². The first-order valence-electron chi connectivity index (χ1n) is 7.82. The second-order valence-corrected chi connectivity index (χ2v) is 7.62. The number of nitrogens with zero attached hydrogens (tertiary/aromatic N) is 3. The van der Waals surface area contributed by atoms with Gasteiger partial charge in [-0.25, -0.2) is 9.18 Å². The van der Waals surface area contributed by atoms with Gasteiger partial charge in [-0.15, -0.1) is 0 Å². The van der Waals surface area contributed by atoms with Crippen molar-refractivity contribution in [1.29, 1.82) is 10.5 Å². The van der Waals surface area contributed by atoms with Gasteiger partial charge >= 0.3 is 5.97 Å². The van der Waals surface area contributed by atoms with Crippen LogP contribution >= 0.6 is 43.5 Å². The average Bonchev–Trinajstić information content (AvgIpc) is 3.09. The molecule has 0 unspecified atom stereocenters. The Balaban J connectivity index is 0.000000253. The molecule has 1 heterocycles. The van der Waals surface area contributed by atoms with E-state index in [4.69, 9.17) is 26.9 Å². The van der Waals surface area contributed by atoms with Crippen molar-refractivity contribution >= 4 is 49.4 Å². The van der Waals surface area contributed by atoms with Gasteiger partial charge in [-0.1, -0.05) is 43.5 Å². The molecule has 0 spiro atoms. The van der Waals surface area contributed by atoms with Crippen LogP contribution in [-0.2, 0) is 4.74 Å². The highest BCUT2D eigenvalue weighted by Gasteiger charge is 2.19. The number of benzene rings is 2. The van der Waals surface area contributed by atoms with Crippen LogP contribution in [0.2, 0.25) is 5.02 Å². The fraction of sp³-hybridized carbons (Fsp3) is 0.0500. The fourth-order valence-corrected chi connectivity index (χ4v) is 3.19. The molecule has 0 fully saturated rings. The SMILES string of the molecule is COC(=O)c1c(Cl)ccn1-c1cc(Br)ccc1C#N.N#Cc1ccc(Br)cc1F. The Bertz CT molecular complexity index is 1150. The molecule has 1 aromatic heterocycles. The molecule has 0 amide bonds. The molecule has 0 aliphatic rings. The molecule has 0 aliphatic heterocycles. The van der Waals surface area contributed by atoms with E-state index in [1.807, 2.05) is 0 Å². The number of rotatable bonds is 2. The Morgan fingerprint density at radius 3 is 2.21 bits per heavy atom. The summed E-state index contributed by atoms with van der Waals surface area (Å²) in [7, 11) is 1.28. The van der Waals surface area contributed by atoms with Crippen LogP contribution in [0.3, 0.4) is 0 Å². The molecule has 2 aromatic carbocycles. The fourth-order valence-electron chi connectivity index (χ4n) is 2.28. The zero-order valence-electron chi connectivity index (χ0n) is 14.8. The first-order chi connectivity index (χ1) is 13.8. The lowest BCUT2D eigenvalue weighted by Gasteiger charge is -2.10. The largest absolute Gasteiger partial charge is 0.464 e. The van der Waals surface area contributed by atoms with Crippen LogP contribution in [-0.4, -0.2) is 17.6 Å². The van der Waals surface area contributed by atoms with Crippen molar-refractivity contribution in [3.8, 4) is 17.8 Å². The van der Waals surface area contributed by atoms with Gasteiger partial charge in [0.15, 0.2) is 5.69 Å². The van der Waals surface area contributed by atoms with Crippen molar-refractivity contribution < 1.29 is 13.9 Å². The Morgan fingerprint density at radius 2 is 1.66 bits per heavy atom. The molecule has 5 nitrogen and oxygen atoms in total. The van der Waals surface area contributed by atoms with Crippen LogP contribution in [0.15, 0.2) is 57.6 Å². The Morgan fingerprint density at radius 1 is 1.07 bits per heavy atom. The van der Waals surface area contributed by atoms with Crippen LogP contribution in [0.5, 0.6) is 0 Å². The maximum absolute atomic E-state index is 12.6. The van der Waals surface area contributed by atoms with Crippen molar-refractivity contribution in [3.05, 3.63) is 85.3 Å². The molecule has 29 heavy (non-hydrogen) atoms. The van der Waals surface area contributed by atoms with Crippen molar-refractivity contribution in [1.82, 2.24) is 4.57 Å². The number of hydrogen-bond acceptors (Lipinski definition) is 4. The predicted molar refractivity (Wildman–Crippen MR) is 113 cm³/mol. The Hall–Kier alpha value is -2.65. The lowest BCUT2D eigenvalue weighted by Crippen LogP contribution is -2.10. The van der Waals surface area contributed by atoms with Crippen LogP contribution in [0, 0.1) is 28.5 Å². The summed E-state index contributed by atoms with van der Waals surface area (Å²) in [5.41, 5.74) is 1.26. The summed E-state index contributed by atoms with van der Waals surface area (Å²) in [5.74, 6) is -1.05. The van der Waals surface area contributed by atoms with E-state index in [9.17, 15) is 9.18 Å². The number of aromatic nitrogens is 1. The summed E-state index contributed by atoms with van der Waals surface area (Å²) in [6, 6.07) is 14.9. The minimum Gasteiger partial charge on any atom is -0.464 e. The van der Waals surface area contributed by atoms with Crippen molar-refractivity contribution in [3.63, 3.8) is 0 Å². The topological polar surface area (TPSA) is 78.8 Å². The normalized spacial score (nSPS) is 9.62. The smallest absolute Gasteiger partial charge is 0.356 e. The van der Waals surface area contributed by atoms with Crippen molar-refractivity contribution in [2.45, 2.75) is 0 Å². The Kier molecular flexibility index (Phi) is 7.98. The molecule has 0 N–H and O–H groups in total. The monoisotopic (exact) mass is 537 g/mol. The van der Waals surface area contributed by atoms with Gasteiger partial charge in [0.05, 0.1) is 28.9 Å². The molecular weight excluding hydrogens is 528 g/mol. The second kappa shape index (κ2) is 10.2. The number of halogens is 4. The van der Waals surface area contributed by atoms with Crippen molar-refractivity contribution in [2.75, 3.05) is 7.11 Å². The molecule has 0 radical (unpaired) electrons. The van der Waals surface area contributed by atoms with Crippen LogP contribution < -0.4 is 0 Å². The van der Waals surface area contributed by atoms with Gasteiger partial charge in [0.2, 0.25) is 0 Å². The number of ether oxygens (including phenoxy) is 1. The number of hydrogen-bond donors (Lipinski definition) is 0. The quantitative estimate of drug-likeness (QED) is 0.374. The van der Waals surface area contributed by atoms with Crippen LogP contribution in [0.4, 0.5) is 4.39 Å². The van der Waals surface area contributed by atoms with E-state index in [0.29, 0.717) is 15.7 Å². The van der Waals surface area contributed by atoms with E-state index in [1.165, 1.54) is 23.8 Å². The highest BCUT2D eigenvalue weighted by molar-refractivity contribution is 9.10. The van der Waals surface area contributed by atoms with Gasteiger partial charge in [-0.2, -0.15) is 10.5 Å². The van der Waals surface area contributed by atoms with E-state index in [2.05, 4.69) is 37.9 Å². The number of nitriles is 2. The summed E-state index contributed by atoms with van der Waals surface area (Å²) in [6.45, 7) is 0. The molecule has 9 heteroatoms. The first-order valence-corrected chi connectivity index (χ1v) is 9.79. The van der Waals surface area contributed by atoms with Crippen molar-refractivity contribution in [2.24, 2.45) is 0 Å². The minimum absolute atomic E-state index is 0.0724. The molecule has 0 saturated carbocycles. The van der Waals surface area contributed by atoms with Gasteiger partial charge in [0.25, 0.3) is 0 Å². The van der Waals surface area contributed by atoms with Crippen LogP contribution in [0.1, 0.15) is 21.6 Å². The minimum atomic E-state index is -0.557. The third kappa shape index (κ3) is 5.45. The zero-order valence-corrected chi connectivity index (χ0v) is 18.7.